The lowest BCUT2D eigenvalue weighted by atomic mass is 9.96. The lowest BCUT2D eigenvalue weighted by Gasteiger charge is -2.12. The molecular weight excluding hydrogens is 412 g/mol. The van der Waals surface area contributed by atoms with Crippen LogP contribution in [0.25, 0.3) is 38.4 Å². The Balaban J connectivity index is 1.57. The van der Waals surface area contributed by atoms with Crippen LogP contribution in [-0.4, -0.2) is 26.9 Å². The van der Waals surface area contributed by atoms with Crippen molar-refractivity contribution in [1.29, 1.82) is 0 Å². The number of hydrogen-bond donors (Lipinski definition) is 1. The van der Waals surface area contributed by atoms with Crippen LogP contribution in [0.2, 0.25) is 0 Å². The predicted molar refractivity (Wildman–Crippen MR) is 130 cm³/mol. The Morgan fingerprint density at radius 1 is 0.879 bits per heavy atom. The molecule has 6 nitrogen and oxygen atoms in total. The molecule has 0 atom stereocenters. The average molecular weight is 432 g/mol. The standard InChI is InChI=1S/C27H20N4O2/c1-33-19-12-10-17(11-13-19)14-18-15-23-25(21-7-3-2-6-20(18)21)28-16-31(27(23)32)26-22-8-4-5-9-24(22)29-30-26/h2-13,15-16H,14H2,1H3,(H,29,30). The van der Waals surface area contributed by atoms with Gasteiger partial charge < -0.3 is 4.74 Å². The second-order valence-electron chi connectivity index (χ2n) is 8.01. The minimum Gasteiger partial charge on any atom is -0.497 e. The zero-order valence-corrected chi connectivity index (χ0v) is 17.9. The molecule has 4 aromatic carbocycles. The highest BCUT2D eigenvalue weighted by molar-refractivity contribution is 6.06. The Bertz CT molecular complexity index is 1700. The number of hydrogen-bond acceptors (Lipinski definition) is 4. The number of nitrogens with zero attached hydrogens (tertiary/aromatic N) is 3. The summed E-state index contributed by atoms with van der Waals surface area (Å²) < 4.78 is 6.80. The first kappa shape index (κ1) is 19.3. The van der Waals surface area contributed by atoms with Gasteiger partial charge in [0, 0.05) is 10.8 Å². The first-order valence-electron chi connectivity index (χ1n) is 10.7. The second kappa shape index (κ2) is 7.60. The fraction of sp³-hybridized carbons (Fsp3) is 0.0741. The van der Waals surface area contributed by atoms with Crippen molar-refractivity contribution in [3.63, 3.8) is 0 Å². The third kappa shape index (κ3) is 3.15. The van der Waals surface area contributed by atoms with E-state index in [9.17, 15) is 4.79 Å². The molecule has 0 spiro atoms. The molecule has 160 valence electrons. The molecule has 2 aromatic heterocycles. The minimum absolute atomic E-state index is 0.140. The van der Waals surface area contributed by atoms with Gasteiger partial charge >= 0.3 is 0 Å². The van der Waals surface area contributed by atoms with Crippen molar-refractivity contribution in [1.82, 2.24) is 19.7 Å². The molecule has 0 saturated heterocycles. The molecule has 0 bridgehead atoms. The molecule has 2 heterocycles. The van der Waals surface area contributed by atoms with Crippen molar-refractivity contribution in [2.24, 2.45) is 0 Å². The molecule has 6 rings (SSSR count). The van der Waals surface area contributed by atoms with Gasteiger partial charge in [-0.2, -0.15) is 5.10 Å². The minimum atomic E-state index is -0.140. The highest BCUT2D eigenvalue weighted by Crippen LogP contribution is 2.28. The van der Waals surface area contributed by atoms with E-state index in [-0.39, 0.29) is 5.56 Å². The summed E-state index contributed by atoms with van der Waals surface area (Å²) in [5.41, 5.74) is 3.65. The van der Waals surface area contributed by atoms with E-state index in [2.05, 4.69) is 28.4 Å². The molecule has 0 saturated carbocycles. The maximum atomic E-state index is 13.7. The van der Waals surface area contributed by atoms with Gasteiger partial charge in [0.1, 0.15) is 12.1 Å². The van der Waals surface area contributed by atoms with E-state index in [0.717, 1.165) is 38.6 Å². The summed E-state index contributed by atoms with van der Waals surface area (Å²) in [6, 6.07) is 25.8. The summed E-state index contributed by atoms with van der Waals surface area (Å²) in [6.07, 6.45) is 2.27. The van der Waals surface area contributed by atoms with Crippen LogP contribution in [-0.2, 0) is 6.42 Å². The highest BCUT2D eigenvalue weighted by Gasteiger charge is 2.15. The maximum Gasteiger partial charge on any atom is 0.267 e. The smallest absolute Gasteiger partial charge is 0.267 e. The van der Waals surface area contributed by atoms with Crippen LogP contribution in [0.5, 0.6) is 5.75 Å². The van der Waals surface area contributed by atoms with E-state index in [0.29, 0.717) is 23.1 Å². The number of methoxy groups -OCH3 is 1. The van der Waals surface area contributed by atoms with Gasteiger partial charge in [-0.15, -0.1) is 0 Å². The number of rotatable bonds is 4. The summed E-state index contributed by atoms with van der Waals surface area (Å²) in [4.78, 5) is 18.4. The number of H-pyrrole nitrogens is 1. The number of nitrogens with one attached hydrogen (secondary N) is 1. The van der Waals surface area contributed by atoms with E-state index in [1.54, 1.807) is 13.4 Å². The summed E-state index contributed by atoms with van der Waals surface area (Å²) in [6.45, 7) is 0. The average Bonchev–Trinajstić information content (AvgIpc) is 3.29. The zero-order chi connectivity index (χ0) is 22.4. The van der Waals surface area contributed by atoms with Crippen molar-refractivity contribution in [3.8, 4) is 11.6 Å². The van der Waals surface area contributed by atoms with Gasteiger partial charge in [-0.1, -0.05) is 48.5 Å². The monoisotopic (exact) mass is 432 g/mol. The molecule has 0 fully saturated rings. The van der Waals surface area contributed by atoms with Gasteiger partial charge in [-0.25, -0.2) is 9.55 Å². The van der Waals surface area contributed by atoms with Gasteiger partial charge in [0.15, 0.2) is 5.82 Å². The van der Waals surface area contributed by atoms with Crippen molar-refractivity contribution < 1.29 is 4.74 Å². The predicted octanol–water partition coefficient (Wildman–Crippen LogP) is 5.01. The summed E-state index contributed by atoms with van der Waals surface area (Å²) >= 11 is 0. The van der Waals surface area contributed by atoms with E-state index in [1.807, 2.05) is 60.7 Å². The highest BCUT2D eigenvalue weighted by atomic mass is 16.5. The topological polar surface area (TPSA) is 72.8 Å². The first-order valence-corrected chi connectivity index (χ1v) is 10.7. The fourth-order valence-electron chi connectivity index (χ4n) is 4.43. The van der Waals surface area contributed by atoms with Crippen LogP contribution in [0.15, 0.2) is 90.0 Å². The summed E-state index contributed by atoms with van der Waals surface area (Å²) in [7, 11) is 1.66. The molecule has 6 heteroatoms. The van der Waals surface area contributed by atoms with Crippen LogP contribution in [0.4, 0.5) is 0 Å². The van der Waals surface area contributed by atoms with Crippen molar-refractivity contribution in [2.75, 3.05) is 7.11 Å². The maximum absolute atomic E-state index is 13.7. The Morgan fingerprint density at radius 3 is 2.39 bits per heavy atom. The van der Waals surface area contributed by atoms with Crippen LogP contribution in [0.3, 0.4) is 0 Å². The summed E-state index contributed by atoms with van der Waals surface area (Å²) in [5, 5.41) is 10.9. The van der Waals surface area contributed by atoms with Crippen LogP contribution in [0.1, 0.15) is 11.1 Å². The first-order chi connectivity index (χ1) is 16.2. The molecular formula is C27H20N4O2. The molecule has 0 aliphatic rings. The molecule has 1 N–H and O–H groups in total. The SMILES string of the molecule is COc1ccc(Cc2cc3c(=O)n(-c4n[nH]c5ccccc45)cnc3c3ccccc23)cc1. The molecule has 6 aromatic rings. The van der Waals surface area contributed by atoms with E-state index < -0.39 is 0 Å². The van der Waals surface area contributed by atoms with E-state index in [1.165, 1.54) is 4.57 Å². The molecule has 0 aliphatic heterocycles. The van der Waals surface area contributed by atoms with Gasteiger partial charge in [0.05, 0.1) is 23.5 Å². The normalized spacial score (nSPS) is 11.4. The number of ether oxygens (including phenoxy) is 1. The quantitative estimate of drug-likeness (QED) is 0.397. The third-order valence-electron chi connectivity index (χ3n) is 6.09. The Labute approximate surface area is 189 Å². The largest absolute Gasteiger partial charge is 0.497 e. The number of aromatic amines is 1. The molecule has 0 radical (unpaired) electrons. The molecule has 0 amide bonds. The van der Waals surface area contributed by atoms with E-state index >= 15 is 0 Å². The van der Waals surface area contributed by atoms with Gasteiger partial charge in [0.2, 0.25) is 0 Å². The van der Waals surface area contributed by atoms with E-state index in [4.69, 9.17) is 9.72 Å². The third-order valence-corrected chi connectivity index (χ3v) is 6.09. The molecule has 0 unspecified atom stereocenters. The number of fused-ring (bicyclic) bond motifs is 4. The van der Waals surface area contributed by atoms with Gasteiger partial charge in [0.25, 0.3) is 5.56 Å². The van der Waals surface area contributed by atoms with Crippen molar-refractivity contribution in [2.45, 2.75) is 6.42 Å². The van der Waals surface area contributed by atoms with Crippen LogP contribution >= 0.6 is 0 Å². The molecule has 0 aliphatic carbocycles. The Hall–Kier alpha value is -4.45. The summed E-state index contributed by atoms with van der Waals surface area (Å²) in [5.74, 6) is 1.37. The molecule has 33 heavy (non-hydrogen) atoms. The van der Waals surface area contributed by atoms with Crippen LogP contribution < -0.4 is 10.3 Å². The van der Waals surface area contributed by atoms with Gasteiger partial charge in [-0.3, -0.25) is 9.89 Å². The second-order valence-corrected chi connectivity index (χ2v) is 8.01. The lowest BCUT2D eigenvalue weighted by Crippen LogP contribution is -2.19. The number of benzene rings is 4. The zero-order valence-electron chi connectivity index (χ0n) is 17.9. The van der Waals surface area contributed by atoms with Crippen LogP contribution in [0, 0.1) is 0 Å². The van der Waals surface area contributed by atoms with Crippen molar-refractivity contribution in [3.05, 3.63) is 107 Å². The van der Waals surface area contributed by atoms with Crippen molar-refractivity contribution >= 4 is 32.6 Å². The lowest BCUT2D eigenvalue weighted by molar-refractivity contribution is 0.414. The number of para-hydroxylation sites is 1. The Kier molecular flexibility index (Phi) is 4.43. The number of aromatic nitrogens is 4. The van der Waals surface area contributed by atoms with Gasteiger partial charge in [-0.05, 0) is 53.3 Å². The fourth-order valence-corrected chi connectivity index (χ4v) is 4.43. The Morgan fingerprint density at radius 2 is 1.61 bits per heavy atom.